The normalized spacial score (nSPS) is 15.7. The Kier molecular flexibility index (Phi) is 6.61. The second-order valence-corrected chi connectivity index (χ2v) is 9.42. The van der Waals surface area contributed by atoms with E-state index in [1.807, 2.05) is 0 Å². The van der Waals surface area contributed by atoms with E-state index in [-0.39, 0.29) is 46.6 Å². The third-order valence-electron chi connectivity index (χ3n) is 4.75. The number of halogens is 3. The van der Waals surface area contributed by atoms with E-state index >= 15 is 0 Å². The summed E-state index contributed by atoms with van der Waals surface area (Å²) in [6.07, 6.45) is 0.485. The Hall–Kier alpha value is -2.27. The van der Waals surface area contributed by atoms with Crippen LogP contribution in [0.2, 0.25) is 10.0 Å². The van der Waals surface area contributed by atoms with Crippen molar-refractivity contribution in [3.8, 4) is 0 Å². The lowest BCUT2D eigenvalue weighted by atomic mass is 9.97. The number of amides is 1. The van der Waals surface area contributed by atoms with Crippen molar-refractivity contribution in [2.75, 3.05) is 18.4 Å². The van der Waals surface area contributed by atoms with Crippen molar-refractivity contribution < 1.29 is 22.5 Å². The van der Waals surface area contributed by atoms with Crippen LogP contribution in [0.5, 0.6) is 0 Å². The summed E-state index contributed by atoms with van der Waals surface area (Å²) in [6.45, 7) is 0.180. The highest BCUT2D eigenvalue weighted by atomic mass is 35.5. The monoisotopic (exact) mass is 475 g/mol. The number of hydrogen-bond acceptors (Lipinski definition) is 5. The number of hydrogen-bond donors (Lipinski definition) is 1. The van der Waals surface area contributed by atoms with Gasteiger partial charge >= 0.3 is 5.69 Å². The molecule has 1 N–H and O–H groups in total. The molecule has 0 saturated carbocycles. The molecule has 0 spiro atoms. The van der Waals surface area contributed by atoms with E-state index in [4.69, 9.17) is 23.2 Å². The zero-order valence-electron chi connectivity index (χ0n) is 15.3. The van der Waals surface area contributed by atoms with E-state index in [0.29, 0.717) is 0 Å². The molecule has 1 saturated heterocycles. The first-order chi connectivity index (χ1) is 14.1. The fourth-order valence-corrected chi connectivity index (χ4v) is 5.35. The van der Waals surface area contributed by atoms with Gasteiger partial charge in [-0.1, -0.05) is 23.2 Å². The molecule has 0 bridgehead atoms. The summed E-state index contributed by atoms with van der Waals surface area (Å²) in [4.78, 5) is 22.3. The molecule has 1 aliphatic rings. The fraction of sp³-hybridized carbons (Fsp3) is 0.278. The van der Waals surface area contributed by atoms with Gasteiger partial charge in [-0.3, -0.25) is 14.9 Å². The maximum Gasteiger partial charge on any atom is 0.306 e. The van der Waals surface area contributed by atoms with Crippen molar-refractivity contribution in [1.82, 2.24) is 4.31 Å². The molecular formula is C18H16Cl2FN3O5S. The van der Waals surface area contributed by atoms with Gasteiger partial charge < -0.3 is 5.32 Å². The minimum Gasteiger partial charge on any atom is -0.326 e. The topological polar surface area (TPSA) is 110 Å². The van der Waals surface area contributed by atoms with Gasteiger partial charge in [0.05, 0.1) is 9.95 Å². The number of piperidine rings is 1. The standard InChI is InChI=1S/C18H16Cl2FN3O5S/c19-12-1-3-14(20)17(9-12)30(28,29)23-7-5-11(6-8-23)18(25)22-13-2-4-15(21)16(10-13)24(26)27/h1-4,9-11H,5-8H2,(H,22,25). The molecule has 12 heteroatoms. The molecule has 2 aromatic rings. The maximum atomic E-state index is 13.4. The predicted octanol–water partition coefficient (Wildman–Crippen LogP) is 4.08. The number of benzene rings is 2. The van der Waals surface area contributed by atoms with Crippen LogP contribution in [0.4, 0.5) is 15.8 Å². The van der Waals surface area contributed by atoms with E-state index < -0.39 is 38.3 Å². The highest BCUT2D eigenvalue weighted by molar-refractivity contribution is 7.89. The molecule has 1 heterocycles. The minimum absolute atomic E-state index is 0.0529. The summed E-state index contributed by atoms with van der Waals surface area (Å²) in [5.74, 6) is -1.93. The maximum absolute atomic E-state index is 13.4. The van der Waals surface area contributed by atoms with Crippen LogP contribution in [-0.4, -0.2) is 36.6 Å². The molecular weight excluding hydrogens is 460 g/mol. The van der Waals surface area contributed by atoms with E-state index in [1.165, 1.54) is 28.6 Å². The summed E-state index contributed by atoms with van der Waals surface area (Å²) in [7, 11) is -3.87. The second kappa shape index (κ2) is 8.84. The molecule has 1 aliphatic heterocycles. The highest BCUT2D eigenvalue weighted by Gasteiger charge is 2.33. The largest absolute Gasteiger partial charge is 0.326 e. The SMILES string of the molecule is O=C(Nc1ccc(F)c([N+](=O)[O-])c1)C1CCN(S(=O)(=O)c2cc(Cl)ccc2Cl)CC1. The van der Waals surface area contributed by atoms with Crippen LogP contribution in [0.3, 0.4) is 0 Å². The Bertz CT molecular complexity index is 1100. The Morgan fingerprint density at radius 1 is 1.17 bits per heavy atom. The number of nitrogens with one attached hydrogen (secondary N) is 1. The van der Waals surface area contributed by atoms with Crippen LogP contribution in [0, 0.1) is 21.8 Å². The molecule has 0 aliphatic carbocycles. The summed E-state index contributed by atoms with van der Waals surface area (Å²) in [5.41, 5.74) is -0.652. The lowest BCUT2D eigenvalue weighted by molar-refractivity contribution is -0.387. The molecule has 0 atom stereocenters. The molecule has 3 rings (SSSR count). The van der Waals surface area contributed by atoms with E-state index in [9.17, 15) is 27.7 Å². The van der Waals surface area contributed by atoms with Gasteiger partial charge in [-0.05, 0) is 43.2 Å². The number of carbonyl (C=O) groups is 1. The number of nitrogens with zero attached hydrogens (tertiary/aromatic N) is 2. The van der Waals surface area contributed by atoms with Crippen LogP contribution in [-0.2, 0) is 14.8 Å². The Labute approximate surface area is 181 Å². The lowest BCUT2D eigenvalue weighted by Gasteiger charge is -2.30. The van der Waals surface area contributed by atoms with Crippen LogP contribution in [0.15, 0.2) is 41.3 Å². The lowest BCUT2D eigenvalue weighted by Crippen LogP contribution is -2.41. The zero-order chi connectivity index (χ0) is 22.1. The van der Waals surface area contributed by atoms with E-state index in [2.05, 4.69) is 5.32 Å². The first-order valence-corrected chi connectivity index (χ1v) is 11.0. The van der Waals surface area contributed by atoms with E-state index in [0.717, 1.165) is 12.1 Å². The third-order valence-corrected chi connectivity index (χ3v) is 7.36. The van der Waals surface area contributed by atoms with Gasteiger partial charge in [0.1, 0.15) is 4.90 Å². The summed E-state index contributed by atoms with van der Waals surface area (Å²) >= 11 is 11.9. The van der Waals surface area contributed by atoms with Crippen molar-refractivity contribution >= 4 is 50.5 Å². The van der Waals surface area contributed by atoms with Gasteiger partial charge in [0.15, 0.2) is 0 Å². The quantitative estimate of drug-likeness (QED) is 0.517. The summed E-state index contributed by atoms with van der Waals surface area (Å²) < 4.78 is 40.3. The zero-order valence-corrected chi connectivity index (χ0v) is 17.7. The molecule has 0 unspecified atom stereocenters. The molecule has 1 amide bonds. The van der Waals surface area contributed by atoms with Gasteiger partial charge in [0.25, 0.3) is 0 Å². The molecule has 160 valence electrons. The average Bonchev–Trinajstić information content (AvgIpc) is 2.71. The average molecular weight is 476 g/mol. The van der Waals surface area contributed by atoms with Crippen molar-refractivity contribution in [2.24, 2.45) is 5.92 Å². The van der Waals surface area contributed by atoms with Crippen molar-refractivity contribution in [3.63, 3.8) is 0 Å². The number of carbonyl (C=O) groups excluding carboxylic acids is 1. The highest BCUT2D eigenvalue weighted by Crippen LogP contribution is 2.31. The van der Waals surface area contributed by atoms with Crippen LogP contribution in [0.25, 0.3) is 0 Å². The molecule has 0 radical (unpaired) electrons. The van der Waals surface area contributed by atoms with Crippen LogP contribution < -0.4 is 5.32 Å². The van der Waals surface area contributed by atoms with Crippen molar-refractivity contribution in [3.05, 3.63) is 62.4 Å². The Morgan fingerprint density at radius 2 is 1.83 bits per heavy atom. The molecule has 30 heavy (non-hydrogen) atoms. The molecule has 2 aromatic carbocycles. The van der Waals surface area contributed by atoms with Gasteiger partial charge in [-0.2, -0.15) is 8.70 Å². The number of nitro benzene ring substituents is 1. The molecule has 0 aromatic heterocycles. The summed E-state index contributed by atoms with van der Waals surface area (Å²) in [6, 6.07) is 7.23. The fourth-order valence-electron chi connectivity index (χ4n) is 3.15. The number of rotatable bonds is 5. The van der Waals surface area contributed by atoms with Gasteiger partial charge in [0.2, 0.25) is 21.7 Å². The number of anilines is 1. The third kappa shape index (κ3) is 4.72. The number of nitro groups is 1. The first-order valence-electron chi connectivity index (χ1n) is 8.79. The first kappa shape index (κ1) is 22.4. The van der Waals surface area contributed by atoms with Gasteiger partial charge in [-0.25, -0.2) is 8.42 Å². The molecule has 8 nitrogen and oxygen atoms in total. The van der Waals surface area contributed by atoms with E-state index in [1.54, 1.807) is 0 Å². The Balaban J connectivity index is 1.67. The smallest absolute Gasteiger partial charge is 0.306 e. The van der Waals surface area contributed by atoms with Crippen LogP contribution in [0.1, 0.15) is 12.8 Å². The van der Waals surface area contributed by atoms with Crippen molar-refractivity contribution in [1.29, 1.82) is 0 Å². The van der Waals surface area contributed by atoms with Crippen molar-refractivity contribution in [2.45, 2.75) is 17.7 Å². The Morgan fingerprint density at radius 3 is 2.47 bits per heavy atom. The number of sulfonamides is 1. The van der Waals surface area contributed by atoms with Gasteiger partial charge in [-0.15, -0.1) is 0 Å². The van der Waals surface area contributed by atoms with Crippen LogP contribution >= 0.6 is 23.2 Å². The minimum atomic E-state index is -3.87. The summed E-state index contributed by atoms with van der Waals surface area (Å²) in [5, 5.41) is 13.6. The molecule has 1 fully saturated rings. The predicted molar refractivity (Wildman–Crippen MR) is 110 cm³/mol. The second-order valence-electron chi connectivity index (χ2n) is 6.67. The van der Waals surface area contributed by atoms with Gasteiger partial charge in [0, 0.05) is 35.8 Å².